The molecule has 0 aliphatic rings. The summed E-state index contributed by atoms with van der Waals surface area (Å²) in [6, 6.07) is 1.43. The first-order valence-electron chi connectivity index (χ1n) is 3.81. The molecule has 0 rings (SSSR count). The van der Waals surface area contributed by atoms with Crippen molar-refractivity contribution < 1.29 is 0 Å². The molecule has 0 bridgehead atoms. The van der Waals surface area contributed by atoms with E-state index >= 15 is 0 Å². The van der Waals surface area contributed by atoms with Gasteiger partial charge in [-0.25, -0.2) is 0 Å². The van der Waals surface area contributed by atoms with E-state index < -0.39 is 8.07 Å². The van der Waals surface area contributed by atoms with Crippen molar-refractivity contribution in [2.24, 2.45) is 0 Å². The van der Waals surface area contributed by atoms with E-state index in [0.29, 0.717) is 0 Å². The Kier molecular flexibility index (Phi) is 2.71. The lowest BCUT2D eigenvalue weighted by Crippen LogP contribution is -2.38. The van der Waals surface area contributed by atoms with Crippen molar-refractivity contribution in [1.29, 1.82) is 0 Å². The van der Waals surface area contributed by atoms with Gasteiger partial charge in [0.15, 0.2) is 0 Å². The summed E-state index contributed by atoms with van der Waals surface area (Å²) in [5.74, 6) is 0. The number of hydrogen-bond donors (Lipinski definition) is 0. The monoisotopic (exact) mass is 160 g/mol. The Bertz CT molecular complexity index is 89.6. The van der Waals surface area contributed by atoms with Crippen LogP contribution in [0.15, 0.2) is 0 Å². The molecule has 0 N–H and O–H groups in total. The zero-order valence-corrected chi connectivity index (χ0v) is 10.7. The fraction of sp³-hybridized carbons (Fsp3) is 1.00. The maximum Gasteiger partial charge on any atom is 0.0492 e. The Morgan fingerprint density at radius 2 is 1.67 bits per heavy atom. The normalized spacial score (nSPS) is 14.3. The second-order valence-electron chi connectivity index (χ2n) is 4.49. The van der Waals surface area contributed by atoms with E-state index in [0.717, 1.165) is 4.66 Å². The third kappa shape index (κ3) is 2.26. The molecule has 0 heterocycles. The van der Waals surface area contributed by atoms with Crippen LogP contribution in [-0.4, -0.2) is 18.3 Å². The minimum Gasteiger partial charge on any atom is -0.0692 e. The molecule has 0 aliphatic heterocycles. The highest BCUT2D eigenvalue weighted by atomic mass is 28.4. The minimum absolute atomic E-state index is 0.724. The summed E-state index contributed by atoms with van der Waals surface area (Å²) in [4.78, 5) is 0. The first-order valence-corrected chi connectivity index (χ1v) is 8.02. The molecule has 0 spiro atoms. The van der Waals surface area contributed by atoms with E-state index in [2.05, 4.69) is 33.9 Å². The van der Waals surface area contributed by atoms with Gasteiger partial charge in [0.25, 0.3) is 0 Å². The van der Waals surface area contributed by atoms with Gasteiger partial charge in [-0.05, 0) is 0 Å². The Labute approximate surface area is 63.5 Å². The molecule has 9 heavy (non-hydrogen) atoms. The second kappa shape index (κ2) is 2.58. The van der Waals surface area contributed by atoms with Crippen LogP contribution in [-0.2, 0) is 0 Å². The predicted octanol–water partition coefficient (Wildman–Crippen LogP) is 1.82. The molecule has 0 nitrogen and oxygen atoms in total. The fourth-order valence-corrected chi connectivity index (χ4v) is 2.65. The molecule has 0 radical (unpaired) electrons. The van der Waals surface area contributed by atoms with Gasteiger partial charge in [0.05, 0.1) is 0 Å². The van der Waals surface area contributed by atoms with E-state index in [4.69, 9.17) is 0 Å². The zero-order chi connectivity index (χ0) is 7.71. The van der Waals surface area contributed by atoms with Crippen molar-refractivity contribution in [1.82, 2.24) is 0 Å². The summed E-state index contributed by atoms with van der Waals surface area (Å²) in [6.07, 6.45) is 0. The third-order valence-corrected chi connectivity index (χ3v) is 12.8. The quantitative estimate of drug-likeness (QED) is 0.541. The fourth-order valence-electron chi connectivity index (χ4n) is 0.530. The second-order valence-corrected chi connectivity index (χ2v) is 14.0. The summed E-state index contributed by atoms with van der Waals surface area (Å²) in [5.41, 5.74) is 0. The van der Waals surface area contributed by atoms with Gasteiger partial charge in [0, 0.05) is 18.3 Å². The van der Waals surface area contributed by atoms with E-state index in [1.165, 1.54) is 16.3 Å². The van der Waals surface area contributed by atoms with Crippen molar-refractivity contribution in [3.63, 3.8) is 0 Å². The summed E-state index contributed by atoms with van der Waals surface area (Å²) < 4.78 is 0.724. The molecule has 0 fully saturated rings. The van der Waals surface area contributed by atoms with E-state index in [9.17, 15) is 0 Å². The topological polar surface area (TPSA) is 0 Å². The third-order valence-electron chi connectivity index (χ3n) is 2.91. The molecule has 2 heteroatoms. The van der Waals surface area contributed by atoms with E-state index in [-0.39, 0.29) is 0 Å². The van der Waals surface area contributed by atoms with Crippen molar-refractivity contribution >= 4 is 18.3 Å². The first kappa shape index (κ1) is 9.43. The lowest BCUT2D eigenvalue weighted by Gasteiger charge is -2.35. The van der Waals surface area contributed by atoms with Crippen LogP contribution in [0, 0.1) is 0 Å². The maximum atomic E-state index is 2.50. The molecule has 56 valence electrons. The molecule has 0 unspecified atom stereocenters. The van der Waals surface area contributed by atoms with Crippen molar-refractivity contribution in [2.45, 2.75) is 44.6 Å². The van der Waals surface area contributed by atoms with E-state index in [1.807, 2.05) is 0 Å². The van der Waals surface area contributed by atoms with Crippen LogP contribution in [0.3, 0.4) is 0 Å². The Morgan fingerprint density at radius 1 is 1.33 bits per heavy atom. The first-order chi connectivity index (χ1) is 3.81. The van der Waals surface area contributed by atoms with Gasteiger partial charge < -0.3 is 0 Å². The SMILES string of the molecule is CC[Si](C)(C)C(C)(C)[SiH3]. The van der Waals surface area contributed by atoms with Gasteiger partial charge in [-0.15, -0.1) is 0 Å². The van der Waals surface area contributed by atoms with Gasteiger partial charge >= 0.3 is 0 Å². The maximum absolute atomic E-state index is 2.50. The van der Waals surface area contributed by atoms with Gasteiger partial charge in [0.1, 0.15) is 0 Å². The van der Waals surface area contributed by atoms with Gasteiger partial charge in [-0.3, -0.25) is 0 Å². The van der Waals surface area contributed by atoms with Crippen LogP contribution in [0.4, 0.5) is 0 Å². The van der Waals surface area contributed by atoms with Crippen LogP contribution in [0.25, 0.3) is 0 Å². The molecule has 0 aliphatic carbocycles. The van der Waals surface area contributed by atoms with Crippen molar-refractivity contribution in [2.75, 3.05) is 0 Å². The van der Waals surface area contributed by atoms with Gasteiger partial charge in [-0.2, -0.15) is 0 Å². The van der Waals surface area contributed by atoms with Crippen LogP contribution < -0.4 is 0 Å². The standard InChI is InChI=1S/C7H20Si2/c1-6-9(4,5)7(2,3)8/h6H2,1-5,8H3. The molecule has 0 aromatic heterocycles. The zero-order valence-electron chi connectivity index (χ0n) is 7.71. The highest BCUT2D eigenvalue weighted by molar-refractivity contribution is 6.85. The Hall–Kier alpha value is 0.434. The smallest absolute Gasteiger partial charge is 0.0492 e. The molecule has 0 saturated heterocycles. The number of hydrogen-bond acceptors (Lipinski definition) is 0. The van der Waals surface area contributed by atoms with Gasteiger partial charge in [-0.1, -0.05) is 44.6 Å². The molecule has 0 amide bonds. The average Bonchev–Trinajstić information content (AvgIpc) is 1.64. The van der Waals surface area contributed by atoms with Crippen LogP contribution >= 0.6 is 0 Å². The molecule has 0 aromatic carbocycles. The summed E-state index contributed by atoms with van der Waals surface area (Å²) in [6.45, 7) is 12.2. The average molecular weight is 160 g/mol. The molecule has 0 saturated carbocycles. The highest BCUT2D eigenvalue weighted by Gasteiger charge is 2.32. The van der Waals surface area contributed by atoms with Gasteiger partial charge in [0.2, 0.25) is 0 Å². The predicted molar refractivity (Wildman–Crippen MR) is 51.9 cm³/mol. The lowest BCUT2D eigenvalue weighted by molar-refractivity contribution is 0.897. The minimum atomic E-state index is -0.817. The summed E-state index contributed by atoms with van der Waals surface area (Å²) >= 11 is 0. The van der Waals surface area contributed by atoms with Crippen LogP contribution in [0.2, 0.25) is 23.8 Å². The van der Waals surface area contributed by atoms with Crippen molar-refractivity contribution in [3.05, 3.63) is 0 Å². The molecule has 0 atom stereocenters. The lowest BCUT2D eigenvalue weighted by atomic mass is 10.5. The highest BCUT2D eigenvalue weighted by Crippen LogP contribution is 2.34. The molecule has 0 aromatic rings. The Balaban J connectivity index is 4.14. The Morgan fingerprint density at radius 3 is 1.67 bits per heavy atom. The molecular formula is C7H20Si2. The largest absolute Gasteiger partial charge is 0.0692 e. The van der Waals surface area contributed by atoms with Crippen LogP contribution in [0.1, 0.15) is 20.8 Å². The van der Waals surface area contributed by atoms with Crippen molar-refractivity contribution in [3.8, 4) is 0 Å². The number of rotatable bonds is 2. The summed E-state index contributed by atoms with van der Waals surface area (Å²) in [5, 5.41) is 0. The molecular weight excluding hydrogens is 140 g/mol. The summed E-state index contributed by atoms with van der Waals surface area (Å²) in [7, 11) is 0.541. The van der Waals surface area contributed by atoms with E-state index in [1.54, 1.807) is 0 Å². The van der Waals surface area contributed by atoms with Crippen LogP contribution in [0.5, 0.6) is 0 Å².